The van der Waals surface area contributed by atoms with Crippen molar-refractivity contribution < 1.29 is 34.0 Å². The lowest BCUT2D eigenvalue weighted by molar-refractivity contribution is -0.245. The monoisotopic (exact) mass is 607 g/mol. The predicted octanol–water partition coefficient (Wildman–Crippen LogP) is 6.57. The number of aliphatic carboxylic acids is 1. The number of carbonyl (C=O) groups is 2. The molecule has 0 unspecified atom stereocenters. The molecule has 9 heteroatoms. The molecule has 0 aromatic heterocycles. The SMILES string of the molecule is COc1ccccc1SC[C@H]1C[C@@H](c2ccc(CO)cc2)O[C@@H](c2ccc(CNC(=O)CCCCCCC(=O)O)cc2)O1. The number of aliphatic hydroxyl groups excluding tert-OH is 1. The van der Waals surface area contributed by atoms with Crippen molar-refractivity contribution in [2.75, 3.05) is 12.9 Å². The lowest BCUT2D eigenvalue weighted by Crippen LogP contribution is -2.31. The van der Waals surface area contributed by atoms with E-state index < -0.39 is 12.3 Å². The van der Waals surface area contributed by atoms with Gasteiger partial charge in [0.05, 0.1) is 25.9 Å². The van der Waals surface area contributed by atoms with E-state index in [1.165, 1.54) is 0 Å². The van der Waals surface area contributed by atoms with Crippen LogP contribution in [0.25, 0.3) is 0 Å². The van der Waals surface area contributed by atoms with Gasteiger partial charge in [0.1, 0.15) is 5.75 Å². The molecule has 0 aliphatic carbocycles. The summed E-state index contributed by atoms with van der Waals surface area (Å²) in [5.74, 6) is 0.786. The Labute approximate surface area is 257 Å². The lowest BCUT2D eigenvalue weighted by Gasteiger charge is -2.36. The normalized spacial score (nSPS) is 18.2. The maximum atomic E-state index is 12.3. The molecule has 230 valence electrons. The number of hydrogen-bond acceptors (Lipinski definition) is 7. The van der Waals surface area contributed by atoms with Crippen LogP contribution in [0.15, 0.2) is 77.7 Å². The van der Waals surface area contributed by atoms with Gasteiger partial charge in [0.25, 0.3) is 0 Å². The smallest absolute Gasteiger partial charge is 0.303 e. The van der Waals surface area contributed by atoms with Gasteiger partial charge < -0.3 is 29.7 Å². The molecule has 0 radical (unpaired) electrons. The van der Waals surface area contributed by atoms with Crippen molar-refractivity contribution in [3.05, 3.63) is 95.1 Å². The van der Waals surface area contributed by atoms with Crippen molar-refractivity contribution in [1.29, 1.82) is 0 Å². The van der Waals surface area contributed by atoms with E-state index in [0.717, 1.165) is 57.9 Å². The number of carboxylic acids is 1. The Bertz CT molecular complexity index is 1300. The first-order valence-corrected chi connectivity index (χ1v) is 15.8. The van der Waals surface area contributed by atoms with E-state index in [1.807, 2.05) is 72.8 Å². The summed E-state index contributed by atoms with van der Waals surface area (Å²) >= 11 is 1.70. The average molecular weight is 608 g/mol. The summed E-state index contributed by atoms with van der Waals surface area (Å²) in [7, 11) is 1.68. The molecule has 1 saturated heterocycles. The Morgan fingerprint density at radius 2 is 1.56 bits per heavy atom. The van der Waals surface area contributed by atoms with Crippen LogP contribution in [-0.4, -0.2) is 41.1 Å². The number of rotatable bonds is 16. The van der Waals surface area contributed by atoms with Crippen LogP contribution < -0.4 is 10.1 Å². The van der Waals surface area contributed by atoms with Crippen LogP contribution in [0.4, 0.5) is 0 Å². The van der Waals surface area contributed by atoms with Gasteiger partial charge in [-0.3, -0.25) is 9.59 Å². The van der Waals surface area contributed by atoms with E-state index in [9.17, 15) is 14.7 Å². The highest BCUT2D eigenvalue weighted by molar-refractivity contribution is 7.99. The number of thioether (sulfide) groups is 1. The number of carbonyl (C=O) groups excluding carboxylic acids is 1. The maximum absolute atomic E-state index is 12.3. The van der Waals surface area contributed by atoms with Crippen LogP contribution in [-0.2, 0) is 32.2 Å². The number of unbranched alkanes of at least 4 members (excludes halogenated alkanes) is 3. The van der Waals surface area contributed by atoms with Crippen molar-refractivity contribution in [2.45, 2.75) is 81.5 Å². The topological polar surface area (TPSA) is 114 Å². The highest BCUT2D eigenvalue weighted by atomic mass is 32.2. The maximum Gasteiger partial charge on any atom is 0.303 e. The first-order valence-electron chi connectivity index (χ1n) is 14.8. The number of hydrogen-bond donors (Lipinski definition) is 3. The van der Waals surface area contributed by atoms with Crippen LogP contribution in [0.1, 0.15) is 79.6 Å². The van der Waals surface area contributed by atoms with Crippen molar-refractivity contribution in [3.8, 4) is 5.75 Å². The van der Waals surface area contributed by atoms with Gasteiger partial charge in [-0.15, -0.1) is 11.8 Å². The first kappa shape index (κ1) is 32.5. The second-order valence-electron chi connectivity index (χ2n) is 10.6. The molecule has 3 atom stereocenters. The fourth-order valence-electron chi connectivity index (χ4n) is 4.94. The van der Waals surface area contributed by atoms with Crippen LogP contribution in [0.2, 0.25) is 0 Å². The zero-order valence-corrected chi connectivity index (χ0v) is 25.4. The zero-order valence-electron chi connectivity index (χ0n) is 24.6. The Balaban J connectivity index is 1.35. The number of para-hydroxylation sites is 1. The van der Waals surface area contributed by atoms with Crippen LogP contribution in [0.3, 0.4) is 0 Å². The molecular weight excluding hydrogens is 566 g/mol. The van der Waals surface area contributed by atoms with E-state index in [0.29, 0.717) is 25.8 Å². The largest absolute Gasteiger partial charge is 0.496 e. The van der Waals surface area contributed by atoms with Crippen LogP contribution >= 0.6 is 11.8 Å². The minimum absolute atomic E-state index is 0.00286. The number of methoxy groups -OCH3 is 1. The molecule has 3 aromatic carbocycles. The van der Waals surface area contributed by atoms with Crippen molar-refractivity contribution in [3.63, 3.8) is 0 Å². The van der Waals surface area contributed by atoms with Gasteiger partial charge in [0, 0.05) is 42.0 Å². The van der Waals surface area contributed by atoms with Gasteiger partial charge in [0.15, 0.2) is 6.29 Å². The van der Waals surface area contributed by atoms with Gasteiger partial charge in [0.2, 0.25) is 5.91 Å². The van der Waals surface area contributed by atoms with Gasteiger partial charge in [-0.1, -0.05) is 73.5 Å². The molecule has 0 bridgehead atoms. The molecule has 1 heterocycles. The molecule has 3 N–H and O–H groups in total. The van der Waals surface area contributed by atoms with E-state index >= 15 is 0 Å². The summed E-state index contributed by atoms with van der Waals surface area (Å²) in [5.41, 5.74) is 3.78. The molecule has 8 nitrogen and oxygen atoms in total. The summed E-state index contributed by atoms with van der Waals surface area (Å²) in [6, 6.07) is 23.7. The Hall–Kier alpha value is -3.37. The van der Waals surface area contributed by atoms with E-state index in [4.69, 9.17) is 19.3 Å². The molecule has 1 aliphatic rings. The molecule has 0 saturated carbocycles. The molecule has 4 rings (SSSR count). The van der Waals surface area contributed by atoms with Gasteiger partial charge in [-0.25, -0.2) is 0 Å². The zero-order chi connectivity index (χ0) is 30.4. The lowest BCUT2D eigenvalue weighted by atomic mass is 10.0. The van der Waals surface area contributed by atoms with E-state index in [1.54, 1.807) is 18.9 Å². The number of ether oxygens (including phenoxy) is 3. The molecule has 3 aromatic rings. The molecular formula is C34H41NO7S. The summed E-state index contributed by atoms with van der Waals surface area (Å²) in [5, 5.41) is 21.1. The standard InChI is InChI=1S/C34H41NO7S/c1-40-29-8-6-7-9-31(29)43-23-28-20-30(26-16-14-25(22-36)15-17-26)42-34(41-28)27-18-12-24(13-19-27)21-35-32(37)10-4-2-3-5-11-33(38)39/h6-9,12-19,28,30,34,36H,2-5,10-11,20-23H2,1H3,(H,35,37)(H,38,39)/t28-,30+,34+/m1/s1. The number of amides is 1. The third-order valence-corrected chi connectivity index (χ3v) is 8.58. The summed E-state index contributed by atoms with van der Waals surface area (Å²) in [6.45, 7) is 0.430. The summed E-state index contributed by atoms with van der Waals surface area (Å²) < 4.78 is 18.4. The Morgan fingerprint density at radius 3 is 2.26 bits per heavy atom. The third kappa shape index (κ3) is 10.4. The number of carboxylic acid groups (broad SMARTS) is 1. The molecule has 43 heavy (non-hydrogen) atoms. The quantitative estimate of drug-likeness (QED) is 0.124. The van der Waals surface area contributed by atoms with Gasteiger partial charge in [-0.05, 0) is 41.7 Å². The van der Waals surface area contributed by atoms with E-state index in [-0.39, 0.29) is 31.1 Å². The second-order valence-corrected chi connectivity index (χ2v) is 11.7. The second kappa shape index (κ2) is 17.1. The summed E-state index contributed by atoms with van der Waals surface area (Å²) in [4.78, 5) is 23.9. The number of aliphatic hydroxyl groups is 1. The summed E-state index contributed by atoms with van der Waals surface area (Å²) in [6.07, 6.45) is 3.59. The van der Waals surface area contributed by atoms with Crippen molar-refractivity contribution >= 4 is 23.6 Å². The highest BCUT2D eigenvalue weighted by Gasteiger charge is 2.32. The molecule has 1 aliphatic heterocycles. The molecule has 1 amide bonds. The third-order valence-electron chi connectivity index (χ3n) is 7.39. The minimum Gasteiger partial charge on any atom is -0.496 e. The Kier molecular flexibility index (Phi) is 12.9. The van der Waals surface area contributed by atoms with Crippen molar-refractivity contribution in [2.24, 2.45) is 0 Å². The predicted molar refractivity (Wildman–Crippen MR) is 166 cm³/mol. The number of nitrogens with one attached hydrogen (secondary N) is 1. The van der Waals surface area contributed by atoms with Crippen LogP contribution in [0.5, 0.6) is 5.75 Å². The molecule has 0 spiro atoms. The minimum atomic E-state index is -0.776. The highest BCUT2D eigenvalue weighted by Crippen LogP contribution is 2.40. The van der Waals surface area contributed by atoms with E-state index in [2.05, 4.69) is 5.32 Å². The van der Waals surface area contributed by atoms with Gasteiger partial charge in [-0.2, -0.15) is 0 Å². The first-order chi connectivity index (χ1) is 20.9. The van der Waals surface area contributed by atoms with Crippen molar-refractivity contribution in [1.82, 2.24) is 5.32 Å². The number of benzene rings is 3. The molecule has 1 fully saturated rings. The fraction of sp³-hybridized carbons (Fsp3) is 0.412. The fourth-order valence-corrected chi connectivity index (χ4v) is 5.99. The van der Waals surface area contributed by atoms with Crippen LogP contribution in [0, 0.1) is 0 Å². The average Bonchev–Trinajstić information content (AvgIpc) is 3.04. The van der Waals surface area contributed by atoms with Gasteiger partial charge >= 0.3 is 5.97 Å². The Morgan fingerprint density at radius 1 is 0.884 bits per heavy atom.